The first-order chi connectivity index (χ1) is 19.5. The molecule has 0 saturated carbocycles. The molecule has 41 heavy (non-hydrogen) atoms. The van der Waals surface area contributed by atoms with E-state index in [-0.39, 0.29) is 17.3 Å². The molecule has 0 radical (unpaired) electrons. The van der Waals surface area contributed by atoms with Crippen LogP contribution in [0.5, 0.6) is 0 Å². The first-order valence-corrected chi connectivity index (χ1v) is 16.3. The second-order valence-corrected chi connectivity index (χ2v) is 13.2. The summed E-state index contributed by atoms with van der Waals surface area (Å²) in [5.41, 5.74) is 1.88. The number of unbranched alkanes of at least 4 members (excludes halogenated alkanes) is 1. The molecule has 1 N–H and O–H groups in total. The Bertz CT molecular complexity index is 1450. The number of amides is 2. The Balaban J connectivity index is 2.04. The highest BCUT2D eigenvalue weighted by atomic mass is 79.9. The van der Waals surface area contributed by atoms with Crippen molar-refractivity contribution in [3.8, 4) is 0 Å². The summed E-state index contributed by atoms with van der Waals surface area (Å²) in [6, 6.07) is 17.3. The number of nitrogens with one attached hydrogen (secondary N) is 1. The molecule has 3 aromatic rings. The van der Waals surface area contributed by atoms with Crippen molar-refractivity contribution in [2.45, 2.75) is 57.5 Å². The van der Waals surface area contributed by atoms with Gasteiger partial charge in [-0.3, -0.25) is 13.9 Å². The van der Waals surface area contributed by atoms with Gasteiger partial charge in [-0.05, 0) is 73.9 Å². The highest BCUT2D eigenvalue weighted by molar-refractivity contribution is 9.10. The maximum atomic E-state index is 14.1. The molecule has 0 bridgehead atoms. The number of sulfonamides is 1. The van der Waals surface area contributed by atoms with Crippen molar-refractivity contribution in [3.05, 3.63) is 92.4 Å². The minimum Gasteiger partial charge on any atom is -0.354 e. The Hall–Kier alpha value is -2.59. The summed E-state index contributed by atoms with van der Waals surface area (Å²) < 4.78 is 29.7. The normalized spacial score (nSPS) is 12.0. The molecule has 2 amide bonds. The number of aryl methyl sites for hydroxylation is 1. The Morgan fingerprint density at radius 2 is 1.61 bits per heavy atom. The monoisotopic (exact) mass is 681 g/mol. The molecule has 11 heteroatoms. The predicted octanol–water partition coefficient (Wildman–Crippen LogP) is 6.98. The van der Waals surface area contributed by atoms with E-state index in [1.807, 2.05) is 20.8 Å². The van der Waals surface area contributed by atoms with Crippen LogP contribution in [0.4, 0.5) is 5.69 Å². The van der Waals surface area contributed by atoms with Crippen LogP contribution in [0.15, 0.2) is 76.1 Å². The molecule has 7 nitrogen and oxygen atoms in total. The van der Waals surface area contributed by atoms with Gasteiger partial charge in [-0.1, -0.05) is 83.2 Å². The van der Waals surface area contributed by atoms with Gasteiger partial charge in [-0.25, -0.2) is 8.42 Å². The van der Waals surface area contributed by atoms with E-state index in [9.17, 15) is 18.0 Å². The molecule has 3 rings (SSSR count). The molecule has 0 aromatic heterocycles. The van der Waals surface area contributed by atoms with Crippen molar-refractivity contribution < 1.29 is 18.0 Å². The molecule has 0 aliphatic carbocycles. The Morgan fingerprint density at radius 1 is 0.951 bits per heavy atom. The van der Waals surface area contributed by atoms with Crippen LogP contribution in [0.3, 0.4) is 0 Å². The van der Waals surface area contributed by atoms with Crippen LogP contribution in [0, 0.1) is 6.92 Å². The zero-order chi connectivity index (χ0) is 30.2. The van der Waals surface area contributed by atoms with Crippen molar-refractivity contribution in [1.29, 1.82) is 0 Å². The first kappa shape index (κ1) is 32.9. The number of carbonyl (C=O) groups excluding carboxylic acids is 2. The minimum atomic E-state index is -4.14. The van der Waals surface area contributed by atoms with Crippen LogP contribution in [0.25, 0.3) is 0 Å². The third kappa shape index (κ3) is 8.70. The Morgan fingerprint density at radius 3 is 2.20 bits per heavy atom. The number of rotatable bonds is 13. The fraction of sp³-hybridized carbons (Fsp3) is 0.333. The summed E-state index contributed by atoms with van der Waals surface area (Å²) in [4.78, 5) is 28.8. The molecule has 0 fully saturated rings. The van der Waals surface area contributed by atoms with E-state index in [0.717, 1.165) is 27.2 Å². The molecule has 1 atom stereocenters. The van der Waals surface area contributed by atoms with Gasteiger partial charge in [0.2, 0.25) is 11.8 Å². The molecular weight excluding hydrogens is 649 g/mol. The lowest BCUT2D eigenvalue weighted by Crippen LogP contribution is -2.52. The van der Waals surface area contributed by atoms with Crippen molar-refractivity contribution >= 4 is 66.7 Å². The van der Waals surface area contributed by atoms with Crippen LogP contribution in [0.1, 0.15) is 44.2 Å². The van der Waals surface area contributed by atoms with E-state index in [1.165, 1.54) is 17.0 Å². The van der Waals surface area contributed by atoms with E-state index in [4.69, 9.17) is 23.2 Å². The molecule has 3 aromatic carbocycles. The van der Waals surface area contributed by atoms with E-state index in [1.54, 1.807) is 54.6 Å². The molecule has 0 saturated heterocycles. The molecule has 0 aliphatic heterocycles. The average molecular weight is 683 g/mol. The van der Waals surface area contributed by atoms with Gasteiger partial charge in [0.1, 0.15) is 12.6 Å². The lowest BCUT2D eigenvalue weighted by atomic mass is 10.1. The lowest BCUT2D eigenvalue weighted by Gasteiger charge is -2.33. The van der Waals surface area contributed by atoms with E-state index >= 15 is 0 Å². The van der Waals surface area contributed by atoms with E-state index in [2.05, 4.69) is 21.2 Å². The molecule has 0 heterocycles. The zero-order valence-corrected chi connectivity index (χ0v) is 27.2. The van der Waals surface area contributed by atoms with E-state index in [0.29, 0.717) is 34.3 Å². The van der Waals surface area contributed by atoms with Gasteiger partial charge in [0.05, 0.1) is 20.6 Å². The van der Waals surface area contributed by atoms with Crippen LogP contribution >= 0.6 is 39.1 Å². The summed E-state index contributed by atoms with van der Waals surface area (Å²) in [5, 5.41) is 3.59. The molecule has 0 aliphatic rings. The average Bonchev–Trinajstić information content (AvgIpc) is 2.94. The number of anilines is 1. The van der Waals surface area contributed by atoms with Crippen molar-refractivity contribution in [2.24, 2.45) is 0 Å². The van der Waals surface area contributed by atoms with Gasteiger partial charge in [0.15, 0.2) is 0 Å². The van der Waals surface area contributed by atoms with Crippen LogP contribution < -0.4 is 9.62 Å². The quantitative estimate of drug-likeness (QED) is 0.197. The van der Waals surface area contributed by atoms with Crippen molar-refractivity contribution in [2.75, 3.05) is 17.4 Å². The number of hydrogen-bond acceptors (Lipinski definition) is 4. The highest BCUT2D eigenvalue weighted by Gasteiger charge is 2.33. The third-order valence-corrected chi connectivity index (χ3v) is 9.61. The summed E-state index contributed by atoms with van der Waals surface area (Å²) >= 11 is 15.7. The second-order valence-electron chi connectivity index (χ2n) is 9.64. The zero-order valence-electron chi connectivity index (χ0n) is 23.2. The molecule has 0 spiro atoms. The van der Waals surface area contributed by atoms with Gasteiger partial charge < -0.3 is 10.2 Å². The lowest BCUT2D eigenvalue weighted by molar-refractivity contribution is -0.140. The number of carbonyl (C=O) groups is 2. The van der Waals surface area contributed by atoms with Crippen LogP contribution in [-0.4, -0.2) is 44.3 Å². The second kappa shape index (κ2) is 15.0. The fourth-order valence-electron chi connectivity index (χ4n) is 4.23. The maximum Gasteiger partial charge on any atom is 0.264 e. The van der Waals surface area contributed by atoms with E-state index < -0.39 is 28.5 Å². The topological polar surface area (TPSA) is 86.8 Å². The Labute approximate surface area is 261 Å². The summed E-state index contributed by atoms with van der Waals surface area (Å²) in [5.74, 6) is -0.835. The van der Waals surface area contributed by atoms with Crippen LogP contribution in [0.2, 0.25) is 10.0 Å². The van der Waals surface area contributed by atoms with Gasteiger partial charge >= 0.3 is 0 Å². The smallest absolute Gasteiger partial charge is 0.264 e. The Kier molecular flexibility index (Phi) is 12.1. The number of benzene rings is 3. The fourth-order valence-corrected chi connectivity index (χ4v) is 6.23. The minimum absolute atomic E-state index is 0.0359. The number of nitrogens with zero attached hydrogens (tertiary/aromatic N) is 2. The SMILES string of the molecule is CCCCNC(=O)[C@H](CC)N(Cc1ccc(Cl)c(Cl)c1)C(=O)CN(c1ccc(Br)cc1)S(=O)(=O)c1ccc(C)cc1. The summed E-state index contributed by atoms with van der Waals surface area (Å²) in [7, 11) is -4.14. The molecule has 220 valence electrons. The molecular formula is C30H34BrCl2N3O4S. The predicted molar refractivity (Wildman–Crippen MR) is 169 cm³/mol. The first-order valence-electron chi connectivity index (χ1n) is 13.3. The van der Waals surface area contributed by atoms with Gasteiger partial charge in [-0.15, -0.1) is 0 Å². The third-order valence-electron chi connectivity index (χ3n) is 6.55. The summed E-state index contributed by atoms with van der Waals surface area (Å²) in [6.45, 7) is 5.70. The van der Waals surface area contributed by atoms with Gasteiger partial charge in [-0.2, -0.15) is 0 Å². The van der Waals surface area contributed by atoms with Crippen molar-refractivity contribution in [1.82, 2.24) is 10.2 Å². The summed E-state index contributed by atoms with van der Waals surface area (Å²) in [6.07, 6.45) is 2.03. The maximum absolute atomic E-state index is 14.1. The van der Waals surface area contributed by atoms with Crippen LogP contribution in [-0.2, 0) is 26.2 Å². The largest absolute Gasteiger partial charge is 0.354 e. The standard InChI is InChI=1S/C30H34BrCl2N3O4S/c1-4-6-17-34-30(38)28(5-2)35(19-22-9-16-26(32)27(33)18-22)29(37)20-36(24-12-10-23(31)11-13-24)41(39,40)25-14-7-21(3)8-15-25/h7-16,18,28H,4-6,17,19-20H2,1-3H3,(H,34,38)/t28-/m0/s1. The van der Waals surface area contributed by atoms with Gasteiger partial charge in [0, 0.05) is 17.6 Å². The molecule has 0 unspecified atom stereocenters. The number of halogens is 3. The number of hydrogen-bond donors (Lipinski definition) is 1. The van der Waals surface area contributed by atoms with Crippen molar-refractivity contribution in [3.63, 3.8) is 0 Å². The van der Waals surface area contributed by atoms with Gasteiger partial charge in [0.25, 0.3) is 10.0 Å². The highest BCUT2D eigenvalue weighted by Crippen LogP contribution is 2.28.